The van der Waals surface area contributed by atoms with Crippen LogP contribution in [0.4, 0.5) is 4.39 Å². The summed E-state index contributed by atoms with van der Waals surface area (Å²) in [6.45, 7) is 2.85. The van der Waals surface area contributed by atoms with Crippen LogP contribution in [0.25, 0.3) is 0 Å². The molecule has 0 aromatic heterocycles. The van der Waals surface area contributed by atoms with Gasteiger partial charge < -0.3 is 5.32 Å². The predicted molar refractivity (Wildman–Crippen MR) is 90.7 cm³/mol. The molecule has 2 aromatic carbocycles. The van der Waals surface area contributed by atoms with Gasteiger partial charge in [0, 0.05) is 9.50 Å². The van der Waals surface area contributed by atoms with Crippen LogP contribution in [0, 0.1) is 5.82 Å². The van der Waals surface area contributed by atoms with Crippen LogP contribution < -0.4 is 5.32 Å². The van der Waals surface area contributed by atoms with E-state index < -0.39 is 0 Å². The highest BCUT2D eigenvalue weighted by molar-refractivity contribution is 9.10. The van der Waals surface area contributed by atoms with E-state index in [0.717, 1.165) is 23.0 Å². The molecule has 2 aromatic rings. The van der Waals surface area contributed by atoms with E-state index in [4.69, 9.17) is 23.2 Å². The van der Waals surface area contributed by atoms with Crippen molar-refractivity contribution in [2.24, 2.45) is 0 Å². The van der Waals surface area contributed by atoms with Gasteiger partial charge in [-0.15, -0.1) is 0 Å². The molecule has 0 heterocycles. The third-order valence-electron chi connectivity index (χ3n) is 3.16. The Labute approximate surface area is 142 Å². The first-order chi connectivity index (χ1) is 10.0. The van der Waals surface area contributed by atoms with Crippen molar-refractivity contribution in [3.8, 4) is 0 Å². The van der Waals surface area contributed by atoms with Gasteiger partial charge in [0.25, 0.3) is 0 Å². The van der Waals surface area contributed by atoms with Gasteiger partial charge in [-0.2, -0.15) is 0 Å². The van der Waals surface area contributed by atoms with Crippen molar-refractivity contribution in [2.45, 2.75) is 19.4 Å². The average molecular weight is 391 g/mol. The van der Waals surface area contributed by atoms with E-state index in [9.17, 15) is 4.39 Å². The largest absolute Gasteiger partial charge is 0.306 e. The highest BCUT2D eigenvalue weighted by Crippen LogP contribution is 2.36. The molecule has 0 spiro atoms. The van der Waals surface area contributed by atoms with Gasteiger partial charge in [-0.25, -0.2) is 4.39 Å². The van der Waals surface area contributed by atoms with E-state index in [1.807, 2.05) is 18.2 Å². The van der Waals surface area contributed by atoms with Gasteiger partial charge >= 0.3 is 0 Å². The number of nitrogens with one attached hydrogen (secondary N) is 1. The van der Waals surface area contributed by atoms with Crippen molar-refractivity contribution >= 4 is 39.1 Å². The lowest BCUT2D eigenvalue weighted by molar-refractivity contribution is 0.585. The molecule has 0 fully saturated rings. The molecule has 21 heavy (non-hydrogen) atoms. The summed E-state index contributed by atoms with van der Waals surface area (Å²) in [7, 11) is 0. The monoisotopic (exact) mass is 389 g/mol. The minimum Gasteiger partial charge on any atom is -0.306 e. The average Bonchev–Trinajstić information content (AvgIpc) is 2.47. The molecule has 0 bridgehead atoms. The Balaban J connectivity index is 2.52. The maximum absolute atomic E-state index is 13.6. The number of halogens is 4. The number of hydrogen-bond donors (Lipinski definition) is 1. The van der Waals surface area contributed by atoms with Crippen LogP contribution in [-0.2, 0) is 0 Å². The lowest BCUT2D eigenvalue weighted by Gasteiger charge is -2.22. The molecule has 1 nitrogen and oxygen atoms in total. The van der Waals surface area contributed by atoms with E-state index in [0.29, 0.717) is 15.6 Å². The first-order valence-electron chi connectivity index (χ1n) is 6.66. The van der Waals surface area contributed by atoms with Crippen molar-refractivity contribution in [1.29, 1.82) is 0 Å². The molecule has 0 aliphatic carbocycles. The third kappa shape index (κ3) is 3.98. The van der Waals surface area contributed by atoms with Gasteiger partial charge in [-0.1, -0.05) is 42.3 Å². The van der Waals surface area contributed by atoms with E-state index in [1.54, 1.807) is 6.07 Å². The Bertz CT molecular complexity index is 632. The molecule has 1 unspecified atom stereocenters. The molecule has 112 valence electrons. The fourth-order valence-electron chi connectivity index (χ4n) is 2.16. The molecule has 1 atom stereocenters. The molecule has 0 saturated carbocycles. The Kier molecular flexibility index (Phi) is 6.06. The zero-order valence-electron chi connectivity index (χ0n) is 11.5. The van der Waals surface area contributed by atoms with E-state index in [-0.39, 0.29) is 11.9 Å². The Morgan fingerprint density at radius 3 is 2.67 bits per heavy atom. The molecule has 0 aliphatic rings. The zero-order chi connectivity index (χ0) is 15.4. The fraction of sp³-hybridized carbons (Fsp3) is 0.250. The number of benzene rings is 2. The van der Waals surface area contributed by atoms with Crippen molar-refractivity contribution in [3.05, 3.63) is 67.9 Å². The molecule has 0 aliphatic heterocycles. The van der Waals surface area contributed by atoms with Gasteiger partial charge in [0.05, 0.1) is 11.1 Å². The summed E-state index contributed by atoms with van der Waals surface area (Å²) in [6, 6.07) is 9.81. The van der Waals surface area contributed by atoms with Crippen molar-refractivity contribution < 1.29 is 4.39 Å². The molecule has 2 rings (SSSR count). The summed E-state index contributed by atoms with van der Waals surface area (Å²) in [4.78, 5) is 0. The number of rotatable bonds is 5. The second kappa shape index (κ2) is 7.59. The van der Waals surface area contributed by atoms with Crippen LogP contribution in [0.15, 0.2) is 40.9 Å². The van der Waals surface area contributed by atoms with E-state index in [1.165, 1.54) is 12.1 Å². The molecule has 5 heteroatoms. The maximum atomic E-state index is 13.6. The molecule has 1 N–H and O–H groups in total. The normalized spacial score (nSPS) is 12.4. The Morgan fingerprint density at radius 1 is 1.19 bits per heavy atom. The standard InChI is InChI=1S/C16H15BrCl2FN/c1-2-8-21-16(11-4-3-5-13(17)15(11)19)12-9-10(20)6-7-14(12)18/h3-7,9,16,21H,2,8H2,1H3. The minimum absolute atomic E-state index is 0.252. The highest BCUT2D eigenvalue weighted by atomic mass is 79.9. The third-order valence-corrected chi connectivity index (χ3v) is 4.82. The Hall–Kier alpha value is -0.610. The lowest BCUT2D eigenvalue weighted by Crippen LogP contribution is -2.24. The second-order valence-electron chi connectivity index (χ2n) is 4.70. The summed E-state index contributed by atoms with van der Waals surface area (Å²) < 4.78 is 14.4. The van der Waals surface area contributed by atoms with Crippen LogP contribution >= 0.6 is 39.1 Å². The first-order valence-corrected chi connectivity index (χ1v) is 8.21. The van der Waals surface area contributed by atoms with Crippen LogP contribution in [-0.4, -0.2) is 6.54 Å². The molecular formula is C16H15BrCl2FN. The van der Waals surface area contributed by atoms with E-state index >= 15 is 0 Å². The summed E-state index contributed by atoms with van der Waals surface area (Å²) in [6.07, 6.45) is 0.953. The molecule has 0 amide bonds. The van der Waals surface area contributed by atoms with E-state index in [2.05, 4.69) is 28.2 Å². The minimum atomic E-state index is -0.316. The van der Waals surface area contributed by atoms with Crippen LogP contribution in [0.2, 0.25) is 10.0 Å². The first kappa shape index (κ1) is 16.8. The summed E-state index contributed by atoms with van der Waals surface area (Å²) in [5.74, 6) is -0.316. The zero-order valence-corrected chi connectivity index (χ0v) is 14.6. The fourth-order valence-corrected chi connectivity index (χ4v) is 3.00. The molecular weight excluding hydrogens is 376 g/mol. The van der Waals surface area contributed by atoms with Crippen molar-refractivity contribution in [2.75, 3.05) is 6.54 Å². The van der Waals surface area contributed by atoms with Gasteiger partial charge in [0.1, 0.15) is 5.82 Å². The van der Waals surface area contributed by atoms with Crippen LogP contribution in [0.1, 0.15) is 30.5 Å². The summed E-state index contributed by atoms with van der Waals surface area (Å²) >= 11 is 16.1. The lowest BCUT2D eigenvalue weighted by atomic mass is 9.98. The van der Waals surface area contributed by atoms with Gasteiger partial charge in [-0.05, 0) is 64.3 Å². The molecule has 0 radical (unpaired) electrons. The summed E-state index contributed by atoms with van der Waals surface area (Å²) in [5, 5.41) is 4.50. The quantitative estimate of drug-likeness (QED) is 0.661. The number of hydrogen-bond acceptors (Lipinski definition) is 1. The van der Waals surface area contributed by atoms with Gasteiger partial charge in [0.2, 0.25) is 0 Å². The van der Waals surface area contributed by atoms with Gasteiger partial charge in [-0.3, -0.25) is 0 Å². The maximum Gasteiger partial charge on any atom is 0.123 e. The second-order valence-corrected chi connectivity index (χ2v) is 6.34. The summed E-state index contributed by atoms with van der Waals surface area (Å²) in [5.41, 5.74) is 1.55. The highest BCUT2D eigenvalue weighted by Gasteiger charge is 2.20. The predicted octanol–water partition coefficient (Wildman–Crippen LogP) is 5.98. The van der Waals surface area contributed by atoms with Crippen LogP contribution in [0.3, 0.4) is 0 Å². The van der Waals surface area contributed by atoms with Gasteiger partial charge in [0.15, 0.2) is 0 Å². The van der Waals surface area contributed by atoms with Crippen molar-refractivity contribution in [3.63, 3.8) is 0 Å². The molecule has 0 saturated heterocycles. The smallest absolute Gasteiger partial charge is 0.123 e. The van der Waals surface area contributed by atoms with Crippen LogP contribution in [0.5, 0.6) is 0 Å². The van der Waals surface area contributed by atoms with Crippen molar-refractivity contribution in [1.82, 2.24) is 5.32 Å². The Morgan fingerprint density at radius 2 is 1.95 bits per heavy atom. The SMILES string of the molecule is CCCNC(c1cc(F)ccc1Cl)c1cccc(Br)c1Cl. The topological polar surface area (TPSA) is 12.0 Å².